The van der Waals surface area contributed by atoms with E-state index in [9.17, 15) is 26.4 Å². The van der Waals surface area contributed by atoms with Crippen molar-refractivity contribution >= 4 is 27.3 Å². The first-order chi connectivity index (χ1) is 16.5. The molecule has 1 aliphatic carbocycles. The van der Waals surface area contributed by atoms with Crippen molar-refractivity contribution in [1.29, 1.82) is 0 Å². The lowest BCUT2D eigenvalue weighted by Crippen LogP contribution is -2.39. The summed E-state index contributed by atoms with van der Waals surface area (Å²) in [7, 11) is -4.34. The largest absolute Gasteiger partial charge is 0.416 e. The summed E-state index contributed by atoms with van der Waals surface area (Å²) >= 11 is 6.03. The Kier molecular flexibility index (Phi) is 7.19. The minimum absolute atomic E-state index is 0.0571. The van der Waals surface area contributed by atoms with Crippen molar-refractivity contribution in [3.63, 3.8) is 0 Å². The van der Waals surface area contributed by atoms with E-state index in [0.717, 1.165) is 36.6 Å². The maximum absolute atomic E-state index is 13.5. The molecule has 0 radical (unpaired) electrons. The lowest BCUT2D eigenvalue weighted by molar-refractivity contribution is -0.137. The van der Waals surface area contributed by atoms with Crippen LogP contribution >= 0.6 is 11.6 Å². The minimum atomic E-state index is -4.70. The number of halogens is 4. The SMILES string of the molecule is O=C(CS(=O)(=O)c1cccc(C(F)(F)F)c1)N(Cc1ccccn1)C(c1ccc(Cl)cc1)C1CC1. The van der Waals surface area contributed by atoms with Crippen LogP contribution in [0.5, 0.6) is 0 Å². The predicted octanol–water partition coefficient (Wildman–Crippen LogP) is 5.71. The molecular weight excluding hydrogens is 501 g/mol. The summed E-state index contributed by atoms with van der Waals surface area (Å²) in [6, 6.07) is 15.2. The van der Waals surface area contributed by atoms with Crippen molar-refractivity contribution in [1.82, 2.24) is 9.88 Å². The fourth-order valence-corrected chi connectivity index (χ4v) is 5.36. The Morgan fingerprint density at radius 2 is 1.77 bits per heavy atom. The Bertz CT molecular complexity index is 1300. The van der Waals surface area contributed by atoms with Crippen LogP contribution in [0.4, 0.5) is 13.2 Å². The van der Waals surface area contributed by atoms with Gasteiger partial charge in [-0.15, -0.1) is 0 Å². The van der Waals surface area contributed by atoms with Crippen LogP contribution in [0.15, 0.2) is 77.8 Å². The second-order valence-electron chi connectivity index (χ2n) is 8.46. The highest BCUT2D eigenvalue weighted by Crippen LogP contribution is 2.45. The highest BCUT2D eigenvalue weighted by molar-refractivity contribution is 7.92. The van der Waals surface area contributed by atoms with Gasteiger partial charge in [0.2, 0.25) is 5.91 Å². The number of alkyl halides is 3. The fourth-order valence-electron chi connectivity index (χ4n) is 3.98. The molecular formula is C25H22ClF3N2O3S. The zero-order chi connectivity index (χ0) is 25.2. The molecule has 184 valence electrons. The van der Waals surface area contributed by atoms with E-state index in [1.807, 2.05) is 0 Å². The predicted molar refractivity (Wildman–Crippen MR) is 125 cm³/mol. The number of nitrogens with zero attached hydrogens (tertiary/aromatic N) is 2. The number of benzene rings is 2. The molecule has 1 heterocycles. The molecule has 0 aliphatic heterocycles. The summed E-state index contributed by atoms with van der Waals surface area (Å²) in [4.78, 5) is 18.7. The fraction of sp³-hybridized carbons (Fsp3) is 0.280. The Labute approximate surface area is 206 Å². The second kappa shape index (κ2) is 9.99. The average molecular weight is 523 g/mol. The first-order valence-corrected chi connectivity index (χ1v) is 12.9. The highest BCUT2D eigenvalue weighted by Gasteiger charge is 2.40. The number of carbonyl (C=O) groups is 1. The van der Waals surface area contributed by atoms with Gasteiger partial charge in [-0.1, -0.05) is 35.9 Å². The van der Waals surface area contributed by atoms with E-state index in [2.05, 4.69) is 4.98 Å². The topological polar surface area (TPSA) is 67.3 Å². The van der Waals surface area contributed by atoms with Crippen LogP contribution in [0.25, 0.3) is 0 Å². The van der Waals surface area contributed by atoms with Crippen molar-refractivity contribution in [3.05, 3.63) is 94.8 Å². The zero-order valence-electron chi connectivity index (χ0n) is 18.5. The maximum Gasteiger partial charge on any atom is 0.416 e. The van der Waals surface area contributed by atoms with Crippen LogP contribution < -0.4 is 0 Å². The maximum atomic E-state index is 13.5. The van der Waals surface area contributed by atoms with Gasteiger partial charge in [-0.05, 0) is 66.8 Å². The van der Waals surface area contributed by atoms with E-state index in [1.54, 1.807) is 48.7 Å². The molecule has 10 heteroatoms. The molecule has 0 bridgehead atoms. The monoisotopic (exact) mass is 522 g/mol. The lowest BCUT2D eigenvalue weighted by Gasteiger charge is -2.32. The van der Waals surface area contributed by atoms with Gasteiger partial charge in [-0.2, -0.15) is 13.2 Å². The lowest BCUT2D eigenvalue weighted by atomic mass is 10.00. The number of carbonyl (C=O) groups excluding carboxylic acids is 1. The van der Waals surface area contributed by atoms with Crippen LogP contribution in [0, 0.1) is 5.92 Å². The first kappa shape index (κ1) is 25.2. The number of rotatable bonds is 8. The molecule has 0 spiro atoms. The minimum Gasteiger partial charge on any atom is -0.329 e. The van der Waals surface area contributed by atoms with E-state index < -0.39 is 44.2 Å². The van der Waals surface area contributed by atoms with Gasteiger partial charge in [0.05, 0.1) is 28.7 Å². The van der Waals surface area contributed by atoms with Crippen molar-refractivity contribution in [3.8, 4) is 0 Å². The molecule has 1 fully saturated rings. The molecule has 0 saturated heterocycles. The smallest absolute Gasteiger partial charge is 0.329 e. The summed E-state index contributed by atoms with van der Waals surface area (Å²) in [6.45, 7) is 0.0571. The molecule has 1 amide bonds. The summed E-state index contributed by atoms with van der Waals surface area (Å²) in [6.07, 6.45) is -1.41. The first-order valence-electron chi connectivity index (χ1n) is 10.9. The molecule has 1 saturated carbocycles. The molecule has 4 rings (SSSR count). The number of hydrogen-bond acceptors (Lipinski definition) is 4. The quantitative estimate of drug-likeness (QED) is 0.380. The summed E-state index contributed by atoms with van der Waals surface area (Å²) in [5.41, 5.74) is 0.281. The molecule has 5 nitrogen and oxygen atoms in total. The van der Waals surface area contributed by atoms with Gasteiger partial charge < -0.3 is 4.90 Å². The van der Waals surface area contributed by atoms with Crippen molar-refractivity contribution in [2.75, 3.05) is 5.75 Å². The van der Waals surface area contributed by atoms with E-state index >= 15 is 0 Å². The summed E-state index contributed by atoms with van der Waals surface area (Å²) < 4.78 is 65.4. The molecule has 35 heavy (non-hydrogen) atoms. The highest BCUT2D eigenvalue weighted by atomic mass is 35.5. The Balaban J connectivity index is 1.68. The van der Waals surface area contributed by atoms with Crippen LogP contribution in [0.3, 0.4) is 0 Å². The molecule has 1 atom stereocenters. The molecule has 1 aromatic heterocycles. The molecule has 1 unspecified atom stereocenters. The van der Waals surface area contributed by atoms with E-state index in [-0.39, 0.29) is 12.5 Å². The van der Waals surface area contributed by atoms with Crippen LogP contribution in [0.1, 0.15) is 35.7 Å². The number of amides is 1. The van der Waals surface area contributed by atoms with Gasteiger partial charge in [0.15, 0.2) is 9.84 Å². The number of pyridine rings is 1. The van der Waals surface area contributed by atoms with Crippen molar-refractivity contribution in [2.24, 2.45) is 5.92 Å². The molecule has 1 aliphatic rings. The van der Waals surface area contributed by atoms with Crippen molar-refractivity contribution in [2.45, 2.75) is 36.5 Å². The molecule has 0 N–H and O–H groups in total. The van der Waals surface area contributed by atoms with Gasteiger partial charge in [-0.25, -0.2) is 8.42 Å². The van der Waals surface area contributed by atoms with Gasteiger partial charge >= 0.3 is 6.18 Å². The van der Waals surface area contributed by atoms with E-state index in [1.165, 1.54) is 4.90 Å². The van der Waals surface area contributed by atoms with Crippen LogP contribution in [-0.4, -0.2) is 30.0 Å². The number of aromatic nitrogens is 1. The Morgan fingerprint density at radius 3 is 2.37 bits per heavy atom. The standard InChI is InChI=1S/C25H22ClF3N2O3S/c26-20-11-9-18(10-12-20)24(17-7-8-17)31(15-21-5-1-2-13-30-21)23(32)16-35(33,34)22-6-3-4-19(14-22)25(27,28)29/h1-6,9-14,17,24H,7-8,15-16H2. The summed E-state index contributed by atoms with van der Waals surface area (Å²) in [5, 5.41) is 0.526. The average Bonchev–Trinajstić information content (AvgIpc) is 3.65. The van der Waals surface area contributed by atoms with Crippen LogP contribution in [0.2, 0.25) is 5.02 Å². The molecule has 2 aromatic carbocycles. The summed E-state index contributed by atoms with van der Waals surface area (Å²) in [5.74, 6) is -1.54. The zero-order valence-corrected chi connectivity index (χ0v) is 20.0. The van der Waals surface area contributed by atoms with Gasteiger partial charge in [0.25, 0.3) is 0 Å². The van der Waals surface area contributed by atoms with Crippen molar-refractivity contribution < 1.29 is 26.4 Å². The third kappa shape index (κ3) is 6.21. The Morgan fingerprint density at radius 1 is 1.06 bits per heavy atom. The van der Waals surface area contributed by atoms with Gasteiger partial charge in [0.1, 0.15) is 5.75 Å². The van der Waals surface area contributed by atoms with Gasteiger partial charge in [-0.3, -0.25) is 9.78 Å². The normalized spacial score (nSPS) is 15.0. The third-order valence-corrected chi connectivity index (χ3v) is 7.68. The van der Waals surface area contributed by atoms with E-state index in [4.69, 9.17) is 11.6 Å². The van der Waals surface area contributed by atoms with E-state index in [0.29, 0.717) is 16.8 Å². The Hall–Kier alpha value is -2.91. The van der Waals surface area contributed by atoms with Crippen LogP contribution in [-0.2, 0) is 27.4 Å². The molecule has 3 aromatic rings. The van der Waals surface area contributed by atoms with Gasteiger partial charge in [0, 0.05) is 11.2 Å². The number of sulfone groups is 1. The number of hydrogen-bond donors (Lipinski definition) is 0. The third-order valence-electron chi connectivity index (χ3n) is 5.83. The second-order valence-corrected chi connectivity index (χ2v) is 10.9.